The summed E-state index contributed by atoms with van der Waals surface area (Å²) in [7, 11) is 0. The molecule has 1 saturated heterocycles. The van der Waals surface area contributed by atoms with E-state index in [0.29, 0.717) is 42.9 Å². The molecule has 5 nitrogen and oxygen atoms in total. The average molecular weight is 364 g/mol. The van der Waals surface area contributed by atoms with E-state index in [-0.39, 0.29) is 11.8 Å². The highest BCUT2D eigenvalue weighted by atomic mass is 35.5. The molecular formula is C19H26ClN3O2. The number of likely N-dealkylation sites (tertiary alicyclic amines) is 1. The predicted molar refractivity (Wildman–Crippen MR) is 99.8 cm³/mol. The maximum Gasteiger partial charge on any atom is 0.255 e. The van der Waals surface area contributed by atoms with E-state index in [0.717, 1.165) is 18.5 Å². The van der Waals surface area contributed by atoms with Crippen LogP contribution in [0.5, 0.6) is 0 Å². The second-order valence-corrected chi connectivity index (χ2v) is 7.48. The fourth-order valence-electron chi connectivity index (χ4n) is 3.64. The van der Waals surface area contributed by atoms with Crippen LogP contribution in [0, 0.1) is 0 Å². The minimum Gasteiger partial charge on any atom is -0.362 e. The van der Waals surface area contributed by atoms with Crippen molar-refractivity contribution in [1.82, 2.24) is 10.2 Å². The highest BCUT2D eigenvalue weighted by Gasteiger charge is 2.40. The first-order valence-electron chi connectivity index (χ1n) is 9.21. The van der Waals surface area contributed by atoms with Gasteiger partial charge in [-0.25, -0.2) is 0 Å². The van der Waals surface area contributed by atoms with Crippen LogP contribution in [-0.2, 0) is 4.79 Å². The molecule has 6 heteroatoms. The van der Waals surface area contributed by atoms with Crippen molar-refractivity contribution >= 4 is 29.1 Å². The number of fused-ring (bicyclic) bond motifs is 1. The van der Waals surface area contributed by atoms with Crippen LogP contribution in [-0.4, -0.2) is 35.5 Å². The van der Waals surface area contributed by atoms with Crippen LogP contribution in [0.15, 0.2) is 18.2 Å². The van der Waals surface area contributed by atoms with Crippen molar-refractivity contribution in [2.75, 3.05) is 18.4 Å². The highest BCUT2D eigenvalue weighted by Crippen LogP contribution is 2.32. The Morgan fingerprint density at radius 2 is 1.96 bits per heavy atom. The van der Waals surface area contributed by atoms with Crippen molar-refractivity contribution in [1.29, 1.82) is 0 Å². The van der Waals surface area contributed by atoms with Gasteiger partial charge in [0.15, 0.2) is 0 Å². The summed E-state index contributed by atoms with van der Waals surface area (Å²) in [5, 5.41) is 7.10. The third-order valence-electron chi connectivity index (χ3n) is 5.17. The summed E-state index contributed by atoms with van der Waals surface area (Å²) < 4.78 is 0. The van der Waals surface area contributed by atoms with Gasteiger partial charge < -0.3 is 15.5 Å². The summed E-state index contributed by atoms with van der Waals surface area (Å²) in [6.07, 6.45) is 6.51. The van der Waals surface area contributed by atoms with Crippen LogP contribution in [0.4, 0.5) is 5.69 Å². The summed E-state index contributed by atoms with van der Waals surface area (Å²) in [5.41, 5.74) is 0.928. The Morgan fingerprint density at radius 3 is 2.68 bits per heavy atom. The lowest BCUT2D eigenvalue weighted by Gasteiger charge is -2.46. The number of halogens is 1. The molecule has 0 aliphatic carbocycles. The topological polar surface area (TPSA) is 61.4 Å². The Labute approximate surface area is 154 Å². The lowest BCUT2D eigenvalue weighted by Crippen LogP contribution is -2.62. The SMILES string of the molecule is CCCCCCC(=O)N1CCC2(CC1)NC(=O)c1cc(Cl)ccc1N2. The molecule has 1 aromatic carbocycles. The summed E-state index contributed by atoms with van der Waals surface area (Å²) in [6.45, 7) is 3.51. The monoisotopic (exact) mass is 363 g/mol. The summed E-state index contributed by atoms with van der Waals surface area (Å²) in [5.74, 6) is 0.135. The van der Waals surface area contributed by atoms with Gasteiger partial charge in [-0.05, 0) is 24.6 Å². The predicted octanol–water partition coefficient (Wildman–Crippen LogP) is 3.78. The maximum atomic E-state index is 12.4. The fraction of sp³-hybridized carbons (Fsp3) is 0.579. The highest BCUT2D eigenvalue weighted by molar-refractivity contribution is 6.31. The number of carbonyl (C=O) groups is 2. The normalized spacial score (nSPS) is 18.5. The smallest absolute Gasteiger partial charge is 0.255 e. The first-order valence-corrected chi connectivity index (χ1v) is 9.59. The second kappa shape index (κ2) is 7.65. The van der Waals surface area contributed by atoms with Crippen molar-refractivity contribution in [2.24, 2.45) is 0 Å². The number of nitrogens with one attached hydrogen (secondary N) is 2. The lowest BCUT2D eigenvalue weighted by molar-refractivity contribution is -0.132. The van der Waals surface area contributed by atoms with Crippen molar-refractivity contribution < 1.29 is 9.59 Å². The lowest BCUT2D eigenvalue weighted by atomic mass is 9.92. The Hall–Kier alpha value is -1.75. The van der Waals surface area contributed by atoms with Crippen LogP contribution in [0.2, 0.25) is 5.02 Å². The standard InChI is InChI=1S/C19H26ClN3O2/c1-2-3-4-5-6-17(24)23-11-9-19(10-12-23)21-16-8-7-14(20)13-15(16)18(25)22-19/h7-8,13,21H,2-6,9-12H2,1H3,(H,22,25). The second-order valence-electron chi connectivity index (χ2n) is 7.04. The summed E-state index contributed by atoms with van der Waals surface area (Å²) in [6, 6.07) is 5.32. The van der Waals surface area contributed by atoms with Crippen LogP contribution < -0.4 is 10.6 Å². The molecule has 2 aliphatic heterocycles. The molecule has 0 atom stereocenters. The molecule has 136 valence electrons. The Balaban J connectivity index is 1.57. The zero-order valence-corrected chi connectivity index (χ0v) is 15.5. The molecular weight excluding hydrogens is 338 g/mol. The zero-order chi connectivity index (χ0) is 17.9. The van der Waals surface area contributed by atoms with Gasteiger partial charge in [-0.3, -0.25) is 9.59 Å². The van der Waals surface area contributed by atoms with E-state index in [1.54, 1.807) is 12.1 Å². The van der Waals surface area contributed by atoms with Crippen molar-refractivity contribution in [3.05, 3.63) is 28.8 Å². The number of rotatable bonds is 5. The number of hydrogen-bond donors (Lipinski definition) is 2. The zero-order valence-electron chi connectivity index (χ0n) is 14.7. The van der Waals surface area contributed by atoms with Gasteiger partial charge in [-0.2, -0.15) is 0 Å². The van der Waals surface area contributed by atoms with Crippen LogP contribution >= 0.6 is 11.6 Å². The van der Waals surface area contributed by atoms with E-state index in [9.17, 15) is 9.59 Å². The molecule has 3 rings (SSSR count). The van der Waals surface area contributed by atoms with Gasteiger partial charge in [0.05, 0.1) is 5.56 Å². The van der Waals surface area contributed by atoms with E-state index in [2.05, 4.69) is 17.6 Å². The van der Waals surface area contributed by atoms with E-state index in [4.69, 9.17) is 11.6 Å². The molecule has 0 radical (unpaired) electrons. The molecule has 2 amide bonds. The third-order valence-corrected chi connectivity index (χ3v) is 5.40. The number of unbranched alkanes of at least 4 members (excludes halogenated alkanes) is 3. The quantitative estimate of drug-likeness (QED) is 0.782. The number of anilines is 1. The molecule has 0 unspecified atom stereocenters. The molecule has 1 fully saturated rings. The third kappa shape index (κ3) is 4.09. The van der Waals surface area contributed by atoms with Gasteiger partial charge in [-0.1, -0.05) is 37.8 Å². The summed E-state index contributed by atoms with van der Waals surface area (Å²) in [4.78, 5) is 26.7. The maximum absolute atomic E-state index is 12.4. The van der Waals surface area contributed by atoms with E-state index >= 15 is 0 Å². The number of nitrogens with zero attached hydrogens (tertiary/aromatic N) is 1. The number of benzene rings is 1. The molecule has 0 aromatic heterocycles. The summed E-state index contributed by atoms with van der Waals surface area (Å²) >= 11 is 5.98. The molecule has 1 aromatic rings. The molecule has 25 heavy (non-hydrogen) atoms. The van der Waals surface area contributed by atoms with Crippen LogP contribution in [0.25, 0.3) is 0 Å². The molecule has 0 bridgehead atoms. The Kier molecular flexibility index (Phi) is 5.52. The molecule has 0 saturated carbocycles. The molecule has 2 N–H and O–H groups in total. The van der Waals surface area contributed by atoms with E-state index in [1.807, 2.05) is 11.0 Å². The minimum absolute atomic E-state index is 0.101. The van der Waals surface area contributed by atoms with Crippen molar-refractivity contribution in [3.8, 4) is 0 Å². The van der Waals surface area contributed by atoms with Crippen molar-refractivity contribution in [2.45, 2.75) is 57.5 Å². The van der Waals surface area contributed by atoms with Gasteiger partial charge in [-0.15, -0.1) is 0 Å². The molecule has 2 heterocycles. The number of piperidine rings is 1. The first-order chi connectivity index (χ1) is 12.0. The largest absolute Gasteiger partial charge is 0.362 e. The van der Waals surface area contributed by atoms with Crippen LogP contribution in [0.3, 0.4) is 0 Å². The van der Waals surface area contributed by atoms with Gasteiger partial charge in [0, 0.05) is 43.1 Å². The molecule has 1 spiro atoms. The van der Waals surface area contributed by atoms with Crippen molar-refractivity contribution in [3.63, 3.8) is 0 Å². The Bertz CT molecular complexity index is 654. The van der Waals surface area contributed by atoms with Gasteiger partial charge >= 0.3 is 0 Å². The molecule has 2 aliphatic rings. The van der Waals surface area contributed by atoms with Crippen LogP contribution in [0.1, 0.15) is 62.2 Å². The first kappa shape index (κ1) is 18.1. The number of carbonyl (C=O) groups excluding carboxylic acids is 2. The average Bonchev–Trinajstić information content (AvgIpc) is 2.60. The van der Waals surface area contributed by atoms with E-state index in [1.165, 1.54) is 12.8 Å². The van der Waals surface area contributed by atoms with Gasteiger partial charge in [0.2, 0.25) is 5.91 Å². The Morgan fingerprint density at radius 1 is 1.20 bits per heavy atom. The number of hydrogen-bond acceptors (Lipinski definition) is 3. The van der Waals surface area contributed by atoms with Gasteiger partial charge in [0.25, 0.3) is 5.91 Å². The number of amides is 2. The van der Waals surface area contributed by atoms with Gasteiger partial charge in [0.1, 0.15) is 5.66 Å². The van der Waals surface area contributed by atoms with E-state index < -0.39 is 5.66 Å². The fourth-order valence-corrected chi connectivity index (χ4v) is 3.81. The minimum atomic E-state index is -0.461.